The van der Waals surface area contributed by atoms with Gasteiger partial charge in [0.05, 0.1) is 37.0 Å². The van der Waals surface area contributed by atoms with E-state index in [2.05, 4.69) is 10.2 Å². The fourth-order valence-electron chi connectivity index (χ4n) is 5.37. The molecule has 0 saturated carbocycles. The van der Waals surface area contributed by atoms with Crippen LogP contribution in [0.1, 0.15) is 35.6 Å². The smallest absolute Gasteiger partial charge is 0.339 e. The Morgan fingerprint density at radius 3 is 2.39 bits per heavy atom. The van der Waals surface area contributed by atoms with Gasteiger partial charge in [0.25, 0.3) is 0 Å². The first-order chi connectivity index (χ1) is 19.4. The Morgan fingerprint density at radius 1 is 1.02 bits per heavy atom. The zero-order valence-electron chi connectivity index (χ0n) is 23.1. The standard InChI is InChI=1S/C30H28F2N4O5/c1-30(2,14-18-15-33-35(3)34-18)28-26(16-6-8-20(29(38)39)24(10-16)40-4)27-22(11-17(31)12-23(27)37)36(28)19-7-9-21(32)25(13-19)41-5/h6-13,15,37H,14H2,1-5H3,(H,38,39). The number of carboxylic acids is 1. The second-order valence-corrected chi connectivity index (χ2v) is 10.3. The van der Waals surface area contributed by atoms with Crippen molar-refractivity contribution < 1.29 is 33.3 Å². The van der Waals surface area contributed by atoms with E-state index in [-0.39, 0.29) is 22.8 Å². The fourth-order valence-corrected chi connectivity index (χ4v) is 5.37. The van der Waals surface area contributed by atoms with Gasteiger partial charge in [-0.2, -0.15) is 15.0 Å². The van der Waals surface area contributed by atoms with Crippen molar-refractivity contribution in [3.63, 3.8) is 0 Å². The minimum absolute atomic E-state index is 0.0170. The molecule has 0 saturated heterocycles. The van der Waals surface area contributed by atoms with Gasteiger partial charge in [-0.05, 0) is 35.9 Å². The number of halogens is 2. The first-order valence-corrected chi connectivity index (χ1v) is 12.6. The highest BCUT2D eigenvalue weighted by Crippen LogP contribution is 2.48. The molecule has 0 fully saturated rings. The van der Waals surface area contributed by atoms with E-state index in [4.69, 9.17) is 9.47 Å². The van der Waals surface area contributed by atoms with E-state index in [1.807, 2.05) is 13.8 Å². The first kappa shape index (κ1) is 27.6. The Morgan fingerprint density at radius 2 is 1.76 bits per heavy atom. The molecule has 41 heavy (non-hydrogen) atoms. The zero-order chi connectivity index (χ0) is 29.6. The number of phenolic OH excluding ortho intramolecular Hbond substituents is 1. The molecule has 11 heteroatoms. The van der Waals surface area contributed by atoms with Crippen LogP contribution in [0.2, 0.25) is 0 Å². The molecule has 9 nitrogen and oxygen atoms in total. The molecule has 5 rings (SSSR count). The SMILES string of the molecule is COc1cc(-n2c(C(C)(C)Cc3cnn(C)n3)c(-c3ccc(C(=O)O)c(OC)c3)c3c(O)cc(F)cc32)ccc1F. The van der Waals surface area contributed by atoms with Gasteiger partial charge in [0.1, 0.15) is 22.9 Å². The van der Waals surface area contributed by atoms with Gasteiger partial charge in [-0.25, -0.2) is 13.6 Å². The van der Waals surface area contributed by atoms with Gasteiger partial charge in [-0.15, -0.1) is 0 Å². The minimum Gasteiger partial charge on any atom is -0.507 e. The van der Waals surface area contributed by atoms with E-state index >= 15 is 0 Å². The van der Waals surface area contributed by atoms with Crippen LogP contribution >= 0.6 is 0 Å². The van der Waals surface area contributed by atoms with Crippen molar-refractivity contribution in [2.24, 2.45) is 7.05 Å². The maximum Gasteiger partial charge on any atom is 0.339 e. The molecule has 2 heterocycles. The predicted octanol–water partition coefficient (Wildman–Crippen LogP) is 5.65. The van der Waals surface area contributed by atoms with Crippen LogP contribution in [-0.2, 0) is 18.9 Å². The number of hydrogen-bond donors (Lipinski definition) is 2. The number of aromatic hydroxyl groups is 1. The summed E-state index contributed by atoms with van der Waals surface area (Å²) in [5.74, 6) is -2.64. The minimum atomic E-state index is -1.16. The number of aryl methyl sites for hydroxylation is 1. The number of rotatable bonds is 8. The Kier molecular flexibility index (Phi) is 6.90. The summed E-state index contributed by atoms with van der Waals surface area (Å²) in [5.41, 5.74) is 2.32. The highest BCUT2D eigenvalue weighted by atomic mass is 19.1. The third-order valence-electron chi connectivity index (χ3n) is 7.04. The number of hydrogen-bond acceptors (Lipinski definition) is 6. The van der Waals surface area contributed by atoms with Crippen molar-refractivity contribution in [1.29, 1.82) is 0 Å². The van der Waals surface area contributed by atoms with Crippen LogP contribution in [0.4, 0.5) is 8.78 Å². The summed E-state index contributed by atoms with van der Waals surface area (Å²) in [6.45, 7) is 3.93. The predicted molar refractivity (Wildman–Crippen MR) is 148 cm³/mol. The highest BCUT2D eigenvalue weighted by Gasteiger charge is 2.35. The number of benzene rings is 3. The second kappa shape index (κ2) is 10.2. The van der Waals surface area contributed by atoms with Gasteiger partial charge in [0.2, 0.25) is 0 Å². The molecule has 2 N–H and O–H groups in total. The van der Waals surface area contributed by atoms with Gasteiger partial charge in [0, 0.05) is 48.0 Å². The summed E-state index contributed by atoms with van der Waals surface area (Å²) in [6.07, 6.45) is 2.03. The van der Waals surface area contributed by atoms with Crippen molar-refractivity contribution in [3.05, 3.63) is 83.3 Å². The number of nitrogens with zero attached hydrogens (tertiary/aromatic N) is 4. The van der Waals surface area contributed by atoms with Crippen molar-refractivity contribution >= 4 is 16.9 Å². The van der Waals surface area contributed by atoms with Gasteiger partial charge in [-0.3, -0.25) is 0 Å². The average molecular weight is 563 g/mol. The quantitative estimate of drug-likeness (QED) is 0.252. The van der Waals surface area contributed by atoms with Crippen molar-refractivity contribution in [3.8, 4) is 34.1 Å². The van der Waals surface area contributed by atoms with Crippen LogP contribution in [0.25, 0.3) is 27.7 Å². The fraction of sp³-hybridized carbons (Fsp3) is 0.233. The molecule has 0 bridgehead atoms. The third-order valence-corrected chi connectivity index (χ3v) is 7.04. The first-order valence-electron chi connectivity index (χ1n) is 12.6. The Hall–Kier alpha value is -4.93. The second-order valence-electron chi connectivity index (χ2n) is 10.3. The van der Waals surface area contributed by atoms with Gasteiger partial charge < -0.3 is 24.3 Å². The molecule has 0 radical (unpaired) electrons. The Balaban J connectivity index is 1.94. The molecule has 3 aromatic carbocycles. The summed E-state index contributed by atoms with van der Waals surface area (Å²) < 4.78 is 41.8. The Labute approximate surface area is 234 Å². The van der Waals surface area contributed by atoms with Crippen LogP contribution < -0.4 is 9.47 Å². The van der Waals surface area contributed by atoms with Crippen molar-refractivity contribution in [2.75, 3.05) is 14.2 Å². The van der Waals surface area contributed by atoms with E-state index in [1.165, 1.54) is 43.3 Å². The molecule has 0 aliphatic rings. The van der Waals surface area contributed by atoms with Crippen LogP contribution in [0, 0.1) is 11.6 Å². The van der Waals surface area contributed by atoms with Crippen LogP contribution in [0.3, 0.4) is 0 Å². The lowest BCUT2D eigenvalue weighted by Crippen LogP contribution is -2.25. The molecule has 0 spiro atoms. The van der Waals surface area contributed by atoms with Gasteiger partial charge >= 0.3 is 5.97 Å². The van der Waals surface area contributed by atoms with Crippen LogP contribution in [-0.4, -0.2) is 50.0 Å². The largest absolute Gasteiger partial charge is 0.507 e. The monoisotopic (exact) mass is 562 g/mol. The molecule has 0 aliphatic carbocycles. The normalized spacial score (nSPS) is 11.7. The summed E-state index contributed by atoms with van der Waals surface area (Å²) in [6, 6.07) is 11.2. The number of aromatic carboxylic acids is 1. The summed E-state index contributed by atoms with van der Waals surface area (Å²) in [5, 5.41) is 29.8. The number of carbonyl (C=O) groups is 1. The van der Waals surface area contributed by atoms with Crippen LogP contribution in [0.15, 0.2) is 54.7 Å². The van der Waals surface area contributed by atoms with E-state index in [1.54, 1.807) is 36.0 Å². The number of methoxy groups -OCH3 is 2. The van der Waals surface area contributed by atoms with Crippen molar-refractivity contribution in [1.82, 2.24) is 19.6 Å². The number of fused-ring (bicyclic) bond motifs is 1. The molecular weight excluding hydrogens is 534 g/mol. The Bertz CT molecular complexity index is 1810. The number of phenols is 1. The van der Waals surface area contributed by atoms with E-state index in [9.17, 15) is 23.8 Å². The maximum atomic E-state index is 14.9. The van der Waals surface area contributed by atoms with E-state index in [0.29, 0.717) is 45.5 Å². The average Bonchev–Trinajstić information content (AvgIpc) is 3.49. The van der Waals surface area contributed by atoms with Crippen molar-refractivity contribution in [2.45, 2.75) is 25.7 Å². The molecule has 0 aliphatic heterocycles. The van der Waals surface area contributed by atoms with Crippen LogP contribution in [0.5, 0.6) is 17.2 Å². The molecule has 212 valence electrons. The lowest BCUT2D eigenvalue weighted by atomic mass is 9.80. The lowest BCUT2D eigenvalue weighted by molar-refractivity contribution is 0.0693. The maximum absolute atomic E-state index is 14.9. The van der Waals surface area contributed by atoms with E-state index < -0.39 is 23.0 Å². The van der Waals surface area contributed by atoms with E-state index in [0.717, 1.165) is 6.07 Å². The highest BCUT2D eigenvalue weighted by molar-refractivity contribution is 6.04. The molecular formula is C30H28F2N4O5. The number of carboxylic acid groups (broad SMARTS) is 1. The summed E-state index contributed by atoms with van der Waals surface area (Å²) >= 11 is 0. The molecule has 0 amide bonds. The topological polar surface area (TPSA) is 112 Å². The summed E-state index contributed by atoms with van der Waals surface area (Å²) in [4.78, 5) is 13.3. The number of ether oxygens (including phenoxy) is 2. The number of aromatic nitrogens is 4. The lowest BCUT2D eigenvalue weighted by Gasteiger charge is -2.28. The molecule has 5 aromatic rings. The molecule has 2 aromatic heterocycles. The molecule has 0 atom stereocenters. The summed E-state index contributed by atoms with van der Waals surface area (Å²) in [7, 11) is 4.42. The third kappa shape index (κ3) is 4.83. The van der Waals surface area contributed by atoms with Gasteiger partial charge in [0.15, 0.2) is 11.6 Å². The van der Waals surface area contributed by atoms with Gasteiger partial charge in [-0.1, -0.05) is 19.9 Å². The molecule has 0 unspecified atom stereocenters. The zero-order valence-corrected chi connectivity index (χ0v) is 23.1.